The molecule has 0 amide bonds. The van der Waals surface area contributed by atoms with Crippen LogP contribution >= 0.6 is 0 Å². The zero-order valence-corrected chi connectivity index (χ0v) is 11.4. The van der Waals surface area contributed by atoms with Crippen LogP contribution in [0, 0.1) is 0 Å². The van der Waals surface area contributed by atoms with Gasteiger partial charge in [0.1, 0.15) is 0 Å². The van der Waals surface area contributed by atoms with Crippen molar-refractivity contribution in [2.24, 2.45) is 0 Å². The minimum Gasteiger partial charge on any atom is -0.0988 e. The third-order valence-electron chi connectivity index (χ3n) is 2.40. The van der Waals surface area contributed by atoms with Gasteiger partial charge in [-0.3, -0.25) is 0 Å². The molecular weight excluding hydrogens is 216 g/mol. The zero-order chi connectivity index (χ0) is 13.1. The van der Waals surface area contributed by atoms with E-state index in [4.69, 9.17) is 0 Å². The number of rotatable bonds is 5. The summed E-state index contributed by atoms with van der Waals surface area (Å²) in [6.45, 7) is 13.9. The standard InChI is InChI=1S/C15H18.C2H6.CH4/c1-4-10-13(5-2)15(6-3)14-11-8-7-9-12-14;1-2;/h5-9,11-12H,2-4,10H2,1H3;1-2H3;1H4/b15-13-;;. The van der Waals surface area contributed by atoms with Gasteiger partial charge >= 0.3 is 0 Å². The first-order chi connectivity index (χ1) is 8.33. The summed E-state index contributed by atoms with van der Waals surface area (Å²) in [5.41, 5.74) is 3.70. The molecule has 1 aromatic rings. The zero-order valence-electron chi connectivity index (χ0n) is 11.4. The third-order valence-corrected chi connectivity index (χ3v) is 2.40. The van der Waals surface area contributed by atoms with Gasteiger partial charge in [0.15, 0.2) is 0 Å². The lowest BCUT2D eigenvalue weighted by atomic mass is 9.97. The van der Waals surface area contributed by atoms with E-state index in [9.17, 15) is 0 Å². The van der Waals surface area contributed by atoms with Crippen LogP contribution in [0.3, 0.4) is 0 Å². The molecule has 0 bridgehead atoms. The largest absolute Gasteiger partial charge is 0.0988 e. The summed E-state index contributed by atoms with van der Waals surface area (Å²) in [5, 5.41) is 0. The molecular formula is C18H28. The molecule has 1 aromatic carbocycles. The summed E-state index contributed by atoms with van der Waals surface area (Å²) in [6.07, 6.45) is 6.04. The van der Waals surface area contributed by atoms with Crippen molar-refractivity contribution in [1.29, 1.82) is 0 Å². The van der Waals surface area contributed by atoms with Crippen molar-refractivity contribution < 1.29 is 0 Å². The average molecular weight is 244 g/mol. The van der Waals surface area contributed by atoms with Gasteiger partial charge < -0.3 is 0 Å². The van der Waals surface area contributed by atoms with Crippen molar-refractivity contribution in [3.8, 4) is 0 Å². The van der Waals surface area contributed by atoms with Crippen LogP contribution in [0.15, 0.2) is 61.2 Å². The van der Waals surface area contributed by atoms with Gasteiger partial charge in [0.25, 0.3) is 0 Å². The Hall–Kier alpha value is -1.56. The van der Waals surface area contributed by atoms with E-state index in [-0.39, 0.29) is 7.43 Å². The lowest BCUT2D eigenvalue weighted by Crippen LogP contribution is -1.87. The fourth-order valence-electron chi connectivity index (χ4n) is 1.67. The van der Waals surface area contributed by atoms with Gasteiger partial charge in [-0.05, 0) is 23.1 Å². The Balaban J connectivity index is 0. The van der Waals surface area contributed by atoms with Gasteiger partial charge in [-0.1, -0.05) is 90.3 Å². The fraction of sp³-hybridized carbons (Fsp3) is 0.333. The normalized spacial score (nSPS) is 10.2. The highest BCUT2D eigenvalue weighted by Crippen LogP contribution is 2.23. The Bertz CT molecular complexity index is 355. The lowest BCUT2D eigenvalue weighted by molar-refractivity contribution is 0.929. The predicted octanol–water partition coefficient (Wildman–Crippen LogP) is 6.27. The molecule has 0 saturated heterocycles. The molecule has 1 rings (SSSR count). The molecule has 0 heteroatoms. The molecule has 0 N–H and O–H groups in total. The number of benzene rings is 1. The lowest BCUT2D eigenvalue weighted by Gasteiger charge is -2.08. The van der Waals surface area contributed by atoms with Crippen LogP contribution in [-0.2, 0) is 0 Å². The molecule has 0 atom stereocenters. The smallest absolute Gasteiger partial charge is 0.0158 e. The van der Waals surface area contributed by atoms with E-state index < -0.39 is 0 Å². The molecule has 0 heterocycles. The second-order valence-corrected chi connectivity index (χ2v) is 3.46. The Morgan fingerprint density at radius 2 is 1.61 bits per heavy atom. The van der Waals surface area contributed by atoms with Crippen LogP contribution < -0.4 is 0 Å². The van der Waals surface area contributed by atoms with E-state index in [0.29, 0.717) is 0 Å². The van der Waals surface area contributed by atoms with Gasteiger partial charge in [0, 0.05) is 0 Å². The SMILES string of the molecule is C.C=C/C(CCC)=C(\C=C)c1ccccc1.CC. The number of allylic oxidation sites excluding steroid dienone is 4. The molecule has 18 heavy (non-hydrogen) atoms. The molecule has 0 fully saturated rings. The second kappa shape index (κ2) is 11.9. The molecule has 0 aliphatic carbocycles. The van der Waals surface area contributed by atoms with Crippen molar-refractivity contribution >= 4 is 5.57 Å². The average Bonchev–Trinajstić information content (AvgIpc) is 2.42. The molecule has 0 nitrogen and oxygen atoms in total. The minimum absolute atomic E-state index is 0. The number of hydrogen-bond acceptors (Lipinski definition) is 0. The molecule has 0 saturated carbocycles. The summed E-state index contributed by atoms with van der Waals surface area (Å²) in [4.78, 5) is 0. The van der Waals surface area contributed by atoms with E-state index >= 15 is 0 Å². The Morgan fingerprint density at radius 1 is 1.06 bits per heavy atom. The van der Waals surface area contributed by atoms with Crippen LogP contribution in [0.2, 0.25) is 0 Å². The van der Waals surface area contributed by atoms with Gasteiger partial charge in [-0.15, -0.1) is 0 Å². The summed E-state index contributed by atoms with van der Waals surface area (Å²) in [6, 6.07) is 10.3. The molecule has 0 unspecified atom stereocenters. The van der Waals surface area contributed by atoms with E-state index in [1.807, 2.05) is 44.2 Å². The first-order valence-electron chi connectivity index (χ1n) is 6.37. The molecule has 0 aliphatic rings. The van der Waals surface area contributed by atoms with E-state index in [2.05, 4.69) is 32.2 Å². The van der Waals surface area contributed by atoms with E-state index in [0.717, 1.165) is 12.8 Å². The van der Waals surface area contributed by atoms with Crippen LogP contribution in [-0.4, -0.2) is 0 Å². The first kappa shape index (κ1) is 18.8. The van der Waals surface area contributed by atoms with Crippen molar-refractivity contribution in [2.45, 2.75) is 41.0 Å². The van der Waals surface area contributed by atoms with Crippen LogP contribution in [0.1, 0.15) is 46.6 Å². The molecule has 0 spiro atoms. The monoisotopic (exact) mass is 244 g/mol. The van der Waals surface area contributed by atoms with Gasteiger partial charge in [0.05, 0.1) is 0 Å². The van der Waals surface area contributed by atoms with Gasteiger partial charge in [-0.25, -0.2) is 0 Å². The highest BCUT2D eigenvalue weighted by Gasteiger charge is 2.01. The number of hydrogen-bond donors (Lipinski definition) is 0. The van der Waals surface area contributed by atoms with Crippen LogP contribution in [0.25, 0.3) is 5.57 Å². The quantitative estimate of drug-likeness (QED) is 0.535. The summed E-state index contributed by atoms with van der Waals surface area (Å²) >= 11 is 0. The highest BCUT2D eigenvalue weighted by molar-refractivity contribution is 5.77. The highest BCUT2D eigenvalue weighted by atomic mass is 14.1. The Labute approximate surface area is 114 Å². The summed E-state index contributed by atoms with van der Waals surface area (Å²) in [7, 11) is 0. The molecule has 0 aromatic heterocycles. The molecule has 100 valence electrons. The van der Waals surface area contributed by atoms with Crippen molar-refractivity contribution in [3.63, 3.8) is 0 Å². The van der Waals surface area contributed by atoms with Crippen molar-refractivity contribution in [1.82, 2.24) is 0 Å². The molecule has 0 aliphatic heterocycles. The fourth-order valence-corrected chi connectivity index (χ4v) is 1.67. The van der Waals surface area contributed by atoms with Gasteiger partial charge in [0.2, 0.25) is 0 Å². The first-order valence-corrected chi connectivity index (χ1v) is 6.37. The van der Waals surface area contributed by atoms with E-state index in [1.165, 1.54) is 16.7 Å². The van der Waals surface area contributed by atoms with Crippen molar-refractivity contribution in [2.75, 3.05) is 0 Å². The molecule has 0 radical (unpaired) electrons. The second-order valence-electron chi connectivity index (χ2n) is 3.46. The maximum atomic E-state index is 3.88. The Morgan fingerprint density at radius 3 is 2.00 bits per heavy atom. The van der Waals surface area contributed by atoms with Crippen LogP contribution in [0.5, 0.6) is 0 Å². The summed E-state index contributed by atoms with van der Waals surface area (Å²) in [5.74, 6) is 0. The maximum absolute atomic E-state index is 3.88. The Kier molecular flexibility index (Phi) is 12.4. The topological polar surface area (TPSA) is 0 Å². The maximum Gasteiger partial charge on any atom is -0.0158 e. The summed E-state index contributed by atoms with van der Waals surface area (Å²) < 4.78 is 0. The minimum atomic E-state index is 0. The predicted molar refractivity (Wildman–Crippen MR) is 86.7 cm³/mol. The third kappa shape index (κ3) is 5.67. The van der Waals surface area contributed by atoms with E-state index in [1.54, 1.807) is 0 Å². The van der Waals surface area contributed by atoms with Crippen LogP contribution in [0.4, 0.5) is 0 Å². The van der Waals surface area contributed by atoms with Gasteiger partial charge in [-0.2, -0.15) is 0 Å². The van der Waals surface area contributed by atoms with Crippen molar-refractivity contribution in [3.05, 3.63) is 66.8 Å².